The number of fused-ring (bicyclic) bond motifs is 15. The maximum atomic E-state index is 16.0. The molecule has 40 heteroatoms. The number of imide groups is 1. The molecule has 121 heavy (non-hydrogen) atoms. The molecule has 38 nitrogen and oxygen atoms in total. The van der Waals surface area contributed by atoms with E-state index in [0.29, 0.717) is 18.8 Å². The van der Waals surface area contributed by atoms with Crippen LogP contribution in [0.3, 0.4) is 0 Å². The first-order valence-electron chi connectivity index (χ1n) is 39.0. The second-order valence-electron chi connectivity index (χ2n) is 32.2. The number of ether oxygens (including phenoxy) is 6. The highest BCUT2D eigenvalue weighted by atomic mass is 35.5. The number of likely N-dealkylation sites (N-methyl/N-ethyl adjacent to an activating group) is 1. The normalized spacial score (nSPS) is 30.2. The van der Waals surface area contributed by atoms with Crippen molar-refractivity contribution in [1.29, 1.82) is 0 Å². The van der Waals surface area contributed by atoms with Crippen LogP contribution in [0.15, 0.2) is 78.9 Å². The van der Waals surface area contributed by atoms with E-state index in [2.05, 4.69) is 49.5 Å². The summed E-state index contributed by atoms with van der Waals surface area (Å²) in [6.07, 6.45) is -16.8. The number of benzene rings is 5. The summed E-state index contributed by atoms with van der Waals surface area (Å²) in [6, 6.07) is -0.679. The van der Waals surface area contributed by atoms with Crippen molar-refractivity contribution in [2.24, 2.45) is 41.1 Å². The minimum absolute atomic E-state index is 0.00492. The molecule has 1 saturated carbocycles. The molecule has 11 bridgehead atoms. The topological polar surface area (TPSA) is 614 Å². The molecule has 0 spiro atoms. The molecule has 654 valence electrons. The van der Waals surface area contributed by atoms with E-state index >= 15 is 14.4 Å². The quantitative estimate of drug-likeness (QED) is 0.0616. The molecule has 1 aliphatic carbocycles. The summed E-state index contributed by atoms with van der Waals surface area (Å²) in [4.78, 5) is 152. The second kappa shape index (κ2) is 37.9. The first kappa shape index (κ1) is 91.3. The lowest BCUT2D eigenvalue weighted by Gasteiger charge is -2.47. The standard InChI is InChI=1S/C66H75Cl2N9O24.C15H23NO4/c1-23(2)12-34(71-5)58(88)76-49-51(83)26-7-10-38(32(67)14-26)97-40-16-28-17-41(55(40)101-65-56(54(86)53(85)42(22-78)99-65)100-44-21-66(4,70)57(87)24(3)96-44)98-39-11-8-27(15-33(39)68)52(84)50-63(93)75-48(64(94)95)31-18-29(79)19-37(81)45(31)30-13-25(6-9-36(30)80)46(60(90)77-50)74-61(91)47(28)73-59(89)35(20-43(69)82)72-62(49)92;1-8-3-9(2)15(20)11(4-8)12(17)5-10-6-13(18)16-14(19)7-10/h6-11,13-19,23-24,34-35,42,44,46-54,56-57,65,71,78-81,83-87H,12,20-22,70H2,1-5H3,(H2,69,82)(H,72,92)(H,73,89)(H,74,91)(H,75,93)(H,76,88)(H,77,90)(H,94,95);8-12,17H,3-7H2,1-2H3,(H,16,18,19)/t24-,34+,35-,42+,44-,46+,47+,48+,49+,50-,51+,52+,53+,54-,56+,57?,65-,66-;8-,9-,11-,12+/m00/s1. The Bertz CT molecular complexity index is 4810. The van der Waals surface area contributed by atoms with E-state index < -0.39 is 243 Å². The number of hydrogen-bond acceptors (Lipinski definition) is 29. The van der Waals surface area contributed by atoms with Crippen molar-refractivity contribution in [3.63, 3.8) is 0 Å². The fourth-order valence-electron chi connectivity index (χ4n) is 16.1. The van der Waals surface area contributed by atoms with Crippen molar-refractivity contribution in [1.82, 2.24) is 42.5 Å². The van der Waals surface area contributed by atoms with E-state index in [0.717, 1.165) is 73.2 Å². The van der Waals surface area contributed by atoms with Crippen LogP contribution in [0, 0.1) is 29.6 Å². The van der Waals surface area contributed by atoms with E-state index in [-0.39, 0.29) is 94.4 Å². The number of aliphatic carboxylic acids is 1. The van der Waals surface area contributed by atoms with Crippen molar-refractivity contribution in [3.05, 3.63) is 117 Å². The minimum atomic E-state index is -2.35. The smallest absolute Gasteiger partial charge is 0.330 e. The summed E-state index contributed by atoms with van der Waals surface area (Å²) in [5, 5.41) is 143. The lowest BCUT2D eigenvalue weighted by atomic mass is 9.71. The van der Waals surface area contributed by atoms with Crippen molar-refractivity contribution in [2.75, 3.05) is 13.7 Å². The predicted octanol–water partition coefficient (Wildman–Crippen LogP) is 1.15. The molecule has 0 radical (unpaired) electrons. The van der Waals surface area contributed by atoms with Crippen LogP contribution in [-0.4, -0.2) is 220 Å². The van der Waals surface area contributed by atoms with Crippen LogP contribution in [0.5, 0.6) is 46.0 Å². The second-order valence-corrected chi connectivity index (χ2v) is 33.1. The third-order valence-electron chi connectivity index (χ3n) is 22.3. The summed E-state index contributed by atoms with van der Waals surface area (Å²) in [7, 11) is 1.47. The zero-order chi connectivity index (χ0) is 88.4. The summed E-state index contributed by atoms with van der Waals surface area (Å²) in [5.74, 6) is -16.5. The molecule has 23 N–H and O–H groups in total. The van der Waals surface area contributed by atoms with Gasteiger partial charge in [-0.25, -0.2) is 4.79 Å². The molecule has 9 aliphatic rings. The molecule has 4 fully saturated rings. The first-order chi connectivity index (χ1) is 57.0. The van der Waals surface area contributed by atoms with E-state index in [4.69, 9.17) is 63.1 Å². The molecule has 9 amide bonds. The molecular formula is C81H98Cl2N10O28. The Kier molecular flexibility index (Phi) is 28.6. The van der Waals surface area contributed by atoms with Crippen molar-refractivity contribution in [3.8, 4) is 57.1 Å². The first-order valence-corrected chi connectivity index (χ1v) is 39.8. The number of ketones is 1. The largest absolute Gasteiger partial charge is 0.508 e. The molecule has 3 saturated heterocycles. The summed E-state index contributed by atoms with van der Waals surface area (Å²) in [5.41, 5.74) is 8.00. The third kappa shape index (κ3) is 20.7. The number of piperidine rings is 1. The van der Waals surface area contributed by atoms with Gasteiger partial charge in [-0.2, -0.15) is 0 Å². The zero-order valence-corrected chi connectivity index (χ0v) is 67.9. The maximum Gasteiger partial charge on any atom is 0.330 e. The van der Waals surface area contributed by atoms with Gasteiger partial charge in [0.05, 0.1) is 47.4 Å². The molecule has 8 aliphatic heterocycles. The van der Waals surface area contributed by atoms with Gasteiger partial charge in [0.2, 0.25) is 65.2 Å². The number of primary amides is 1. The number of carbonyl (C=O) groups is 11. The van der Waals surface area contributed by atoms with Gasteiger partial charge in [0.15, 0.2) is 29.9 Å². The Morgan fingerprint density at radius 3 is 1.88 bits per heavy atom. The van der Waals surface area contributed by atoms with Gasteiger partial charge in [-0.1, -0.05) is 69.1 Å². The number of nitrogens with one attached hydrogen (secondary N) is 8. The monoisotopic (exact) mass is 1730 g/mol. The Morgan fingerprint density at radius 2 is 1.30 bits per heavy atom. The molecule has 0 aromatic heterocycles. The van der Waals surface area contributed by atoms with Gasteiger partial charge >= 0.3 is 5.97 Å². The number of aliphatic hydroxyl groups is 7. The van der Waals surface area contributed by atoms with Crippen LogP contribution in [0.1, 0.15) is 151 Å². The van der Waals surface area contributed by atoms with Gasteiger partial charge in [-0.15, -0.1) is 0 Å². The van der Waals surface area contributed by atoms with Crippen molar-refractivity contribution in [2.45, 2.75) is 208 Å². The molecule has 14 rings (SSSR count). The summed E-state index contributed by atoms with van der Waals surface area (Å²) < 4.78 is 38.3. The molecule has 5 aromatic carbocycles. The molecule has 8 heterocycles. The van der Waals surface area contributed by atoms with Crippen LogP contribution in [-0.2, 0) is 67.0 Å². The van der Waals surface area contributed by atoms with Crippen molar-refractivity contribution < 1.29 is 137 Å². The van der Waals surface area contributed by atoms with Crippen LogP contribution in [0.4, 0.5) is 0 Å². The SMILES string of the molecule is CN[C@H](CC(C)C)C(=O)N[C@H]1C(=O)N[C@@H](CC(N)=O)C(=O)N[C@H]2C(=O)N[C@H]3C(=O)N[C@H](C(=O)N[C@@H](C(=O)O)c4cc(O)cc(O)c4-c4cc3ccc4O)[C@H](O)c3ccc(c(Cl)c3)Oc3cc2cc(c3O[C@@H]2O[C@H](CO)[C@@H](O)[C@H](O)[C@H]2O[C@H]2C[C@](C)(N)C(O)[C@H](C)O2)Oc2ccc(cc2Cl)[C@H]1O.C[C@@H]1C[C@@H]([C@H](O)CC2CC(=O)NC(=O)C2)C(=O)[C@@H](C)C1. The number of halogens is 2. The Morgan fingerprint density at radius 1 is 0.694 bits per heavy atom. The number of rotatable bonds is 16. The Labute approximate surface area is 701 Å². The van der Waals surface area contributed by atoms with E-state index in [9.17, 15) is 94.5 Å². The number of hydrogen-bond donors (Lipinski definition) is 21. The maximum absolute atomic E-state index is 16.0. The number of aromatic hydroxyl groups is 3. The highest BCUT2D eigenvalue weighted by molar-refractivity contribution is 6.32. The van der Waals surface area contributed by atoms with E-state index in [1.807, 2.05) is 20.8 Å². The number of amides is 9. The summed E-state index contributed by atoms with van der Waals surface area (Å²) >= 11 is 14.1. The number of carboxylic acids is 1. The molecule has 1 unspecified atom stereocenters. The van der Waals surface area contributed by atoms with E-state index in [1.54, 1.807) is 0 Å². The zero-order valence-electron chi connectivity index (χ0n) is 66.4. The summed E-state index contributed by atoms with van der Waals surface area (Å²) in [6.45, 7) is 9.67. The highest BCUT2D eigenvalue weighted by Gasteiger charge is 2.52. The lowest BCUT2D eigenvalue weighted by molar-refractivity contribution is -0.333. The van der Waals surface area contributed by atoms with Gasteiger partial charge in [0, 0.05) is 59.4 Å². The van der Waals surface area contributed by atoms with Crippen LogP contribution < -0.4 is 68.2 Å². The van der Waals surface area contributed by atoms with Crippen LogP contribution in [0.2, 0.25) is 10.0 Å². The number of carboxylic acid groups (broad SMARTS) is 1. The average Bonchev–Trinajstić information content (AvgIpc) is 0.765. The van der Waals surface area contributed by atoms with Gasteiger partial charge in [-0.3, -0.25) is 53.3 Å². The van der Waals surface area contributed by atoms with Crippen LogP contribution >= 0.6 is 23.2 Å². The number of nitrogens with two attached hydrogens (primary N) is 2. The number of aliphatic hydroxyl groups excluding tert-OH is 7. The van der Waals surface area contributed by atoms with Gasteiger partial charge in [-0.05, 0) is 141 Å². The molecule has 22 atom stereocenters. The van der Waals surface area contributed by atoms with Gasteiger partial charge in [0.25, 0.3) is 0 Å². The fourth-order valence-corrected chi connectivity index (χ4v) is 16.6. The fraction of sp³-hybridized carbons (Fsp3) is 0.494. The Hall–Kier alpha value is -10.4. The average molecular weight is 1730 g/mol. The van der Waals surface area contributed by atoms with Gasteiger partial charge < -0.3 is 133 Å². The van der Waals surface area contributed by atoms with Crippen LogP contribution in [0.25, 0.3) is 11.1 Å². The number of carbonyl (C=O) groups excluding carboxylic acids is 10. The predicted molar refractivity (Wildman–Crippen MR) is 422 cm³/mol. The van der Waals surface area contributed by atoms with E-state index in [1.165, 1.54) is 33.0 Å². The highest BCUT2D eigenvalue weighted by Crippen LogP contribution is 2.50. The minimum Gasteiger partial charge on any atom is -0.508 e. The van der Waals surface area contributed by atoms with Gasteiger partial charge in [0.1, 0.15) is 95.3 Å². The number of phenols is 3. The number of phenolic OH excluding ortho intramolecular Hbond substituents is 3. The third-order valence-corrected chi connectivity index (χ3v) is 22.9. The lowest BCUT2D eigenvalue weighted by Crippen LogP contribution is -2.64. The number of Topliss-reactive ketones (excluding diaryl/α,β-unsaturated/α-hetero) is 1. The van der Waals surface area contributed by atoms with Crippen molar-refractivity contribution >= 4 is 88.1 Å². The molecule has 5 aromatic rings. The Balaban J connectivity index is 0.000000623. The molecular weight excluding hydrogens is 1630 g/mol.